The van der Waals surface area contributed by atoms with Gasteiger partial charge in [-0.25, -0.2) is 4.98 Å². The van der Waals surface area contributed by atoms with Gasteiger partial charge in [0.1, 0.15) is 10.9 Å². The van der Waals surface area contributed by atoms with Crippen molar-refractivity contribution in [3.05, 3.63) is 16.1 Å². The summed E-state index contributed by atoms with van der Waals surface area (Å²) in [6.07, 6.45) is 2.81. The third-order valence-electron chi connectivity index (χ3n) is 2.85. The molecule has 0 saturated carbocycles. The number of nitriles is 1. The van der Waals surface area contributed by atoms with Crippen molar-refractivity contribution in [2.75, 3.05) is 6.54 Å². The molecule has 1 amide bonds. The summed E-state index contributed by atoms with van der Waals surface area (Å²) in [5.41, 5.74) is 2.44. The van der Waals surface area contributed by atoms with Crippen molar-refractivity contribution in [2.24, 2.45) is 0 Å². The van der Waals surface area contributed by atoms with Gasteiger partial charge in [-0.3, -0.25) is 4.79 Å². The van der Waals surface area contributed by atoms with Crippen molar-refractivity contribution >= 4 is 17.2 Å². The molecule has 2 heterocycles. The lowest BCUT2D eigenvalue weighted by atomic mass is 10.0. The second-order valence-electron chi connectivity index (χ2n) is 3.91. The molecule has 1 aliphatic rings. The standard InChI is InChI=1S/C11H13N3OS/c1-8-10(16-7-13-8)11(15)14-5-3-2-4-9(14)6-12/h7,9H,2-5H2,1H3. The molecular formula is C11H13N3OS. The molecule has 2 rings (SSSR count). The summed E-state index contributed by atoms with van der Waals surface area (Å²) in [6, 6.07) is 1.94. The van der Waals surface area contributed by atoms with Crippen LogP contribution in [-0.2, 0) is 0 Å². The number of amides is 1. The molecule has 1 aromatic rings. The van der Waals surface area contributed by atoms with Gasteiger partial charge in [-0.2, -0.15) is 5.26 Å². The highest BCUT2D eigenvalue weighted by atomic mass is 32.1. The Morgan fingerprint density at radius 2 is 2.50 bits per heavy atom. The maximum Gasteiger partial charge on any atom is 0.266 e. The summed E-state index contributed by atoms with van der Waals surface area (Å²) in [5.74, 6) is -0.0359. The topological polar surface area (TPSA) is 57.0 Å². The van der Waals surface area contributed by atoms with Crippen molar-refractivity contribution in [1.82, 2.24) is 9.88 Å². The van der Waals surface area contributed by atoms with E-state index in [2.05, 4.69) is 11.1 Å². The highest BCUT2D eigenvalue weighted by Crippen LogP contribution is 2.22. The van der Waals surface area contributed by atoms with Crippen LogP contribution in [0.25, 0.3) is 0 Å². The molecule has 84 valence electrons. The van der Waals surface area contributed by atoms with Gasteiger partial charge < -0.3 is 4.90 Å². The molecule has 0 spiro atoms. The summed E-state index contributed by atoms with van der Waals surface area (Å²) in [7, 11) is 0. The van der Waals surface area contributed by atoms with Gasteiger partial charge in [-0.15, -0.1) is 11.3 Å². The van der Waals surface area contributed by atoms with Gasteiger partial charge >= 0.3 is 0 Å². The average molecular weight is 235 g/mol. The van der Waals surface area contributed by atoms with E-state index in [-0.39, 0.29) is 11.9 Å². The number of aryl methyl sites for hydroxylation is 1. The van der Waals surface area contributed by atoms with Crippen LogP contribution in [0, 0.1) is 18.3 Å². The number of piperidine rings is 1. The van der Waals surface area contributed by atoms with Gasteiger partial charge in [-0.05, 0) is 26.2 Å². The minimum Gasteiger partial charge on any atom is -0.322 e. The van der Waals surface area contributed by atoms with E-state index in [1.807, 2.05) is 6.92 Å². The lowest BCUT2D eigenvalue weighted by Crippen LogP contribution is -2.42. The van der Waals surface area contributed by atoms with E-state index in [4.69, 9.17) is 5.26 Å². The fourth-order valence-electron chi connectivity index (χ4n) is 1.95. The number of hydrogen-bond donors (Lipinski definition) is 0. The van der Waals surface area contributed by atoms with Gasteiger partial charge in [0, 0.05) is 6.54 Å². The normalized spacial score (nSPS) is 20.5. The second kappa shape index (κ2) is 4.62. The molecule has 5 heteroatoms. The number of thiazole rings is 1. The van der Waals surface area contributed by atoms with Crippen LogP contribution in [0.2, 0.25) is 0 Å². The first-order chi connectivity index (χ1) is 7.74. The van der Waals surface area contributed by atoms with Crippen LogP contribution in [0.5, 0.6) is 0 Å². The molecule has 0 aromatic carbocycles. The third-order valence-corrected chi connectivity index (χ3v) is 3.77. The molecule has 1 atom stereocenters. The first-order valence-electron chi connectivity index (χ1n) is 5.34. The summed E-state index contributed by atoms with van der Waals surface area (Å²) < 4.78 is 0. The molecule has 1 unspecified atom stereocenters. The van der Waals surface area contributed by atoms with Crippen LogP contribution < -0.4 is 0 Å². The number of carbonyl (C=O) groups is 1. The predicted molar refractivity (Wildman–Crippen MR) is 61.1 cm³/mol. The first kappa shape index (κ1) is 11.1. The van der Waals surface area contributed by atoms with Crippen LogP contribution >= 0.6 is 11.3 Å². The van der Waals surface area contributed by atoms with Gasteiger partial charge in [0.15, 0.2) is 0 Å². The molecule has 16 heavy (non-hydrogen) atoms. The Hall–Kier alpha value is -1.41. The smallest absolute Gasteiger partial charge is 0.266 e. The number of hydrogen-bond acceptors (Lipinski definition) is 4. The summed E-state index contributed by atoms with van der Waals surface area (Å²) in [4.78, 5) is 18.6. The van der Waals surface area contributed by atoms with Crippen molar-refractivity contribution in [2.45, 2.75) is 32.2 Å². The fraction of sp³-hybridized carbons (Fsp3) is 0.545. The Bertz CT molecular complexity index is 435. The van der Waals surface area contributed by atoms with E-state index in [0.29, 0.717) is 11.4 Å². The van der Waals surface area contributed by atoms with E-state index >= 15 is 0 Å². The van der Waals surface area contributed by atoms with E-state index in [1.54, 1.807) is 10.4 Å². The van der Waals surface area contributed by atoms with E-state index in [1.165, 1.54) is 11.3 Å². The van der Waals surface area contributed by atoms with Crippen molar-refractivity contribution < 1.29 is 4.79 Å². The van der Waals surface area contributed by atoms with Crippen LogP contribution in [0.1, 0.15) is 34.6 Å². The predicted octanol–water partition coefficient (Wildman–Crippen LogP) is 1.97. The average Bonchev–Trinajstić information content (AvgIpc) is 2.74. The first-order valence-corrected chi connectivity index (χ1v) is 6.22. The minimum absolute atomic E-state index is 0.0359. The monoisotopic (exact) mass is 235 g/mol. The van der Waals surface area contributed by atoms with E-state index in [9.17, 15) is 4.79 Å². The summed E-state index contributed by atoms with van der Waals surface area (Å²) in [6.45, 7) is 2.52. The van der Waals surface area contributed by atoms with Crippen LogP contribution in [0.15, 0.2) is 5.51 Å². The number of likely N-dealkylation sites (tertiary alicyclic amines) is 1. The minimum atomic E-state index is -0.261. The van der Waals surface area contributed by atoms with Crippen molar-refractivity contribution in [3.63, 3.8) is 0 Å². The Kier molecular flexibility index (Phi) is 3.20. The molecule has 0 aliphatic carbocycles. The summed E-state index contributed by atoms with van der Waals surface area (Å²) >= 11 is 1.35. The molecule has 4 nitrogen and oxygen atoms in total. The van der Waals surface area contributed by atoms with Gasteiger partial charge in [0.2, 0.25) is 0 Å². The fourth-order valence-corrected chi connectivity index (χ4v) is 2.70. The number of rotatable bonds is 1. The van der Waals surface area contributed by atoms with E-state index < -0.39 is 0 Å². The number of carbonyl (C=O) groups excluding carboxylic acids is 1. The molecule has 1 fully saturated rings. The molecule has 0 bridgehead atoms. The zero-order valence-corrected chi connectivity index (χ0v) is 9.96. The van der Waals surface area contributed by atoms with Crippen LogP contribution in [0.3, 0.4) is 0 Å². The zero-order valence-electron chi connectivity index (χ0n) is 9.14. The Morgan fingerprint density at radius 1 is 1.69 bits per heavy atom. The van der Waals surface area contributed by atoms with Crippen LogP contribution in [0.4, 0.5) is 0 Å². The Morgan fingerprint density at radius 3 is 3.12 bits per heavy atom. The highest BCUT2D eigenvalue weighted by Gasteiger charge is 2.28. The lowest BCUT2D eigenvalue weighted by molar-refractivity contribution is 0.0674. The molecule has 1 aromatic heterocycles. The van der Waals surface area contributed by atoms with Crippen molar-refractivity contribution in [1.29, 1.82) is 5.26 Å². The number of aromatic nitrogens is 1. The maximum absolute atomic E-state index is 12.2. The SMILES string of the molecule is Cc1ncsc1C(=O)N1CCCCC1C#N. The molecule has 0 N–H and O–H groups in total. The molecule has 1 saturated heterocycles. The van der Waals surface area contributed by atoms with Crippen LogP contribution in [-0.4, -0.2) is 28.4 Å². The van der Waals surface area contributed by atoms with E-state index in [0.717, 1.165) is 25.0 Å². The number of nitrogens with zero attached hydrogens (tertiary/aromatic N) is 3. The van der Waals surface area contributed by atoms with Gasteiger partial charge in [0.05, 0.1) is 17.3 Å². The molecule has 1 aliphatic heterocycles. The van der Waals surface area contributed by atoms with Crippen molar-refractivity contribution in [3.8, 4) is 6.07 Å². The lowest BCUT2D eigenvalue weighted by Gasteiger charge is -2.31. The molecule has 0 radical (unpaired) electrons. The Balaban J connectivity index is 2.21. The largest absolute Gasteiger partial charge is 0.322 e. The van der Waals surface area contributed by atoms with Gasteiger partial charge in [0.25, 0.3) is 5.91 Å². The summed E-state index contributed by atoms with van der Waals surface area (Å²) in [5, 5.41) is 9.02. The quantitative estimate of drug-likeness (QED) is 0.747. The highest BCUT2D eigenvalue weighted by molar-refractivity contribution is 7.11. The maximum atomic E-state index is 12.2. The third kappa shape index (κ3) is 1.93. The second-order valence-corrected chi connectivity index (χ2v) is 4.76. The molecular weight excluding hydrogens is 222 g/mol. The Labute approximate surface area is 98.5 Å². The zero-order chi connectivity index (χ0) is 11.5. The van der Waals surface area contributed by atoms with Gasteiger partial charge in [-0.1, -0.05) is 0 Å².